The Hall–Kier alpha value is -2.82. The van der Waals surface area contributed by atoms with E-state index in [0.717, 1.165) is 34.3 Å². The van der Waals surface area contributed by atoms with Gasteiger partial charge in [-0.05, 0) is 49.6 Å². The number of anilines is 1. The third-order valence-corrected chi connectivity index (χ3v) is 4.62. The van der Waals surface area contributed by atoms with Gasteiger partial charge in [-0.2, -0.15) is 0 Å². The molecule has 0 saturated carbocycles. The van der Waals surface area contributed by atoms with Crippen molar-refractivity contribution in [2.24, 2.45) is 10.4 Å². The molecule has 0 saturated heterocycles. The number of amidine groups is 1. The molecule has 1 amide bonds. The maximum absolute atomic E-state index is 12.4. The quantitative estimate of drug-likeness (QED) is 0.757. The number of hydrogen-bond donors (Lipinski definition) is 1. The monoisotopic (exact) mass is 379 g/mol. The number of nitrogens with one attached hydrogen (secondary N) is 1. The molecule has 1 N–H and O–H groups in total. The van der Waals surface area contributed by atoms with Gasteiger partial charge in [0, 0.05) is 25.2 Å². The summed E-state index contributed by atoms with van der Waals surface area (Å²) in [5.41, 5.74) is 2.33. The molecule has 1 aliphatic rings. The summed E-state index contributed by atoms with van der Waals surface area (Å²) in [5, 5.41) is 3.01. The Morgan fingerprint density at radius 1 is 1.14 bits per heavy atom. The molecule has 0 bridgehead atoms. The Kier molecular flexibility index (Phi) is 5.45. The van der Waals surface area contributed by atoms with E-state index in [1.165, 1.54) is 0 Å². The highest BCUT2D eigenvalue weighted by Gasteiger charge is 2.23. The Morgan fingerprint density at radius 3 is 2.54 bits per heavy atom. The van der Waals surface area contributed by atoms with Crippen molar-refractivity contribution in [3.05, 3.63) is 48.0 Å². The lowest BCUT2D eigenvalue weighted by molar-refractivity contribution is -0.117. The lowest BCUT2D eigenvalue weighted by Crippen LogP contribution is -2.33. The Balaban J connectivity index is 2.02. The highest BCUT2D eigenvalue weighted by atomic mass is 16.5. The van der Waals surface area contributed by atoms with Gasteiger partial charge in [0.1, 0.15) is 17.3 Å². The molecule has 1 heterocycles. The second kappa shape index (κ2) is 7.66. The van der Waals surface area contributed by atoms with Crippen LogP contribution in [0.4, 0.5) is 11.4 Å². The van der Waals surface area contributed by atoms with Gasteiger partial charge in [0.2, 0.25) is 5.91 Å². The van der Waals surface area contributed by atoms with E-state index in [0.29, 0.717) is 6.42 Å². The van der Waals surface area contributed by atoms with E-state index in [1.807, 2.05) is 49.5 Å². The molecule has 0 aromatic heterocycles. The van der Waals surface area contributed by atoms with Crippen molar-refractivity contribution < 1.29 is 9.53 Å². The van der Waals surface area contributed by atoms with Crippen molar-refractivity contribution in [2.45, 2.75) is 47.1 Å². The molecule has 2 aromatic carbocycles. The number of amides is 1. The van der Waals surface area contributed by atoms with Crippen molar-refractivity contribution in [3.63, 3.8) is 0 Å². The van der Waals surface area contributed by atoms with Crippen molar-refractivity contribution >= 4 is 23.1 Å². The van der Waals surface area contributed by atoms with Gasteiger partial charge in [-0.15, -0.1) is 0 Å². The molecule has 1 aliphatic heterocycles. The lowest BCUT2D eigenvalue weighted by Gasteiger charge is -2.26. The van der Waals surface area contributed by atoms with Crippen LogP contribution in [0.15, 0.2) is 47.5 Å². The summed E-state index contributed by atoms with van der Waals surface area (Å²) in [6.07, 6.45) is 0.457. The van der Waals surface area contributed by atoms with Crippen LogP contribution in [0.25, 0.3) is 0 Å². The smallest absolute Gasteiger partial charge is 0.224 e. The Bertz CT molecular complexity index is 910. The minimum atomic E-state index is -0.0645. The predicted molar refractivity (Wildman–Crippen MR) is 115 cm³/mol. The first-order valence-electron chi connectivity index (χ1n) is 9.67. The molecule has 0 radical (unpaired) electrons. The molecule has 0 fully saturated rings. The van der Waals surface area contributed by atoms with E-state index in [1.54, 1.807) is 0 Å². The van der Waals surface area contributed by atoms with E-state index >= 15 is 0 Å². The van der Waals surface area contributed by atoms with Gasteiger partial charge in [0.05, 0.1) is 5.56 Å². The number of para-hydroxylation sites is 2. The first kappa shape index (κ1) is 19.9. The molecular weight excluding hydrogens is 350 g/mol. The zero-order valence-corrected chi connectivity index (χ0v) is 17.5. The van der Waals surface area contributed by atoms with Gasteiger partial charge >= 0.3 is 0 Å². The number of rotatable bonds is 3. The molecule has 0 aliphatic carbocycles. The van der Waals surface area contributed by atoms with Crippen molar-refractivity contribution in [1.82, 2.24) is 4.90 Å². The molecule has 148 valence electrons. The van der Waals surface area contributed by atoms with Gasteiger partial charge in [-0.1, -0.05) is 32.9 Å². The SMILES string of the molecule is CC(C)N(C)C1=Nc2ccccc2Oc2ccc(NC(=O)CC(C)(C)C)cc21. The number of hydrogen-bond acceptors (Lipinski definition) is 4. The van der Waals surface area contributed by atoms with Gasteiger partial charge in [0.25, 0.3) is 0 Å². The molecule has 5 heteroatoms. The number of fused-ring (bicyclic) bond motifs is 2. The molecule has 0 atom stereocenters. The topological polar surface area (TPSA) is 53.9 Å². The summed E-state index contributed by atoms with van der Waals surface area (Å²) in [7, 11) is 2.02. The number of ether oxygens (including phenoxy) is 1. The predicted octanol–water partition coefficient (Wildman–Crippen LogP) is 5.59. The highest BCUT2D eigenvalue weighted by molar-refractivity contribution is 6.05. The number of carbonyl (C=O) groups excluding carboxylic acids is 1. The summed E-state index contributed by atoms with van der Waals surface area (Å²) in [6, 6.07) is 13.7. The molecule has 0 spiro atoms. The van der Waals surface area contributed by atoms with Gasteiger partial charge in [-0.3, -0.25) is 4.79 Å². The van der Waals surface area contributed by atoms with Crippen LogP contribution < -0.4 is 10.1 Å². The third-order valence-electron chi connectivity index (χ3n) is 4.62. The molecule has 0 unspecified atom stereocenters. The molecular formula is C23H29N3O2. The van der Waals surface area contributed by atoms with E-state index in [9.17, 15) is 4.79 Å². The first-order valence-corrected chi connectivity index (χ1v) is 9.67. The summed E-state index contributed by atoms with van der Waals surface area (Å²) in [5.74, 6) is 2.27. The Labute approximate surface area is 167 Å². The van der Waals surface area contributed by atoms with E-state index in [2.05, 4.69) is 44.8 Å². The zero-order valence-electron chi connectivity index (χ0n) is 17.5. The standard InChI is InChI=1S/C23H29N3O2/c1-15(2)26(6)22-17-13-16(24-21(27)14-23(3,4)5)11-12-19(17)28-20-10-8-7-9-18(20)25-22/h7-13,15H,14H2,1-6H3,(H,24,27). The second-order valence-corrected chi connectivity index (χ2v) is 8.71. The molecule has 28 heavy (non-hydrogen) atoms. The van der Waals surface area contributed by atoms with Crippen molar-refractivity contribution in [3.8, 4) is 11.5 Å². The number of aliphatic imine (C=N–C) groups is 1. The average molecular weight is 380 g/mol. The maximum Gasteiger partial charge on any atom is 0.224 e. The fourth-order valence-electron chi connectivity index (χ4n) is 3.00. The minimum Gasteiger partial charge on any atom is -0.454 e. The van der Waals surface area contributed by atoms with Gasteiger partial charge < -0.3 is 15.0 Å². The first-order chi connectivity index (χ1) is 13.1. The highest BCUT2D eigenvalue weighted by Crippen LogP contribution is 2.39. The lowest BCUT2D eigenvalue weighted by atomic mass is 9.92. The largest absolute Gasteiger partial charge is 0.454 e. The van der Waals surface area contributed by atoms with Crippen LogP contribution in [0.2, 0.25) is 0 Å². The van der Waals surface area contributed by atoms with Crippen LogP contribution in [-0.4, -0.2) is 29.7 Å². The van der Waals surface area contributed by atoms with E-state index in [-0.39, 0.29) is 17.4 Å². The van der Waals surface area contributed by atoms with E-state index in [4.69, 9.17) is 9.73 Å². The summed E-state index contributed by atoms with van der Waals surface area (Å²) in [6.45, 7) is 10.4. The van der Waals surface area contributed by atoms with Crippen LogP contribution in [0, 0.1) is 5.41 Å². The van der Waals surface area contributed by atoms with Crippen LogP contribution in [0.3, 0.4) is 0 Å². The molecule has 2 aromatic rings. The van der Waals surface area contributed by atoms with Crippen LogP contribution >= 0.6 is 0 Å². The minimum absolute atomic E-state index is 0.000907. The number of carbonyl (C=O) groups is 1. The summed E-state index contributed by atoms with van der Waals surface area (Å²) >= 11 is 0. The van der Waals surface area contributed by atoms with Crippen molar-refractivity contribution in [1.29, 1.82) is 0 Å². The van der Waals surface area contributed by atoms with Crippen LogP contribution in [-0.2, 0) is 4.79 Å². The van der Waals surface area contributed by atoms with Crippen molar-refractivity contribution in [2.75, 3.05) is 12.4 Å². The maximum atomic E-state index is 12.4. The second-order valence-electron chi connectivity index (χ2n) is 8.71. The average Bonchev–Trinajstić information content (AvgIpc) is 2.75. The zero-order chi connectivity index (χ0) is 20.5. The van der Waals surface area contributed by atoms with Crippen LogP contribution in [0.5, 0.6) is 11.5 Å². The summed E-state index contributed by atoms with van der Waals surface area (Å²) in [4.78, 5) is 19.4. The van der Waals surface area contributed by atoms with E-state index < -0.39 is 0 Å². The molecule has 5 nitrogen and oxygen atoms in total. The molecule has 3 rings (SSSR count). The number of benzene rings is 2. The Morgan fingerprint density at radius 2 is 1.86 bits per heavy atom. The van der Waals surface area contributed by atoms with Gasteiger partial charge in [0.15, 0.2) is 5.75 Å². The van der Waals surface area contributed by atoms with Gasteiger partial charge in [-0.25, -0.2) is 4.99 Å². The number of nitrogens with zero attached hydrogens (tertiary/aromatic N) is 2. The summed E-state index contributed by atoms with van der Waals surface area (Å²) < 4.78 is 6.15. The fraction of sp³-hybridized carbons (Fsp3) is 0.391. The fourth-order valence-corrected chi connectivity index (χ4v) is 3.00. The van der Waals surface area contributed by atoms with Crippen LogP contribution in [0.1, 0.15) is 46.6 Å². The normalized spacial score (nSPS) is 13.0. The third kappa shape index (κ3) is 4.53.